The highest BCUT2D eigenvalue weighted by molar-refractivity contribution is 5.79. The summed E-state index contributed by atoms with van der Waals surface area (Å²) in [6.07, 6.45) is 0.969. The summed E-state index contributed by atoms with van der Waals surface area (Å²) in [4.78, 5) is 4.68. The Bertz CT molecular complexity index is 478. The summed E-state index contributed by atoms with van der Waals surface area (Å²) < 4.78 is 10.8. The molecule has 0 aromatic carbocycles. The lowest BCUT2D eigenvalue weighted by atomic mass is 10.00. The molecule has 1 atom stereocenters. The number of ether oxygens (including phenoxy) is 1. The van der Waals surface area contributed by atoms with Crippen molar-refractivity contribution in [1.29, 1.82) is 0 Å². The third kappa shape index (κ3) is 7.34. The zero-order chi connectivity index (χ0) is 17.9. The van der Waals surface area contributed by atoms with E-state index in [9.17, 15) is 0 Å². The zero-order valence-electron chi connectivity index (χ0n) is 16.1. The first-order chi connectivity index (χ1) is 11.5. The van der Waals surface area contributed by atoms with Crippen LogP contribution < -0.4 is 10.6 Å². The largest absolute Gasteiger partial charge is 0.381 e. The molecule has 0 radical (unpaired) electrons. The molecule has 2 N–H and O–H groups in total. The predicted molar refractivity (Wildman–Crippen MR) is 98.6 cm³/mol. The van der Waals surface area contributed by atoms with Gasteiger partial charge >= 0.3 is 0 Å². The van der Waals surface area contributed by atoms with E-state index in [1.165, 1.54) is 0 Å². The third-order valence-electron chi connectivity index (χ3n) is 3.66. The summed E-state index contributed by atoms with van der Waals surface area (Å²) in [6, 6.07) is 0. The van der Waals surface area contributed by atoms with E-state index < -0.39 is 0 Å². The lowest BCUT2D eigenvalue weighted by molar-refractivity contribution is 0.108. The second-order valence-corrected chi connectivity index (χ2v) is 6.61. The molecule has 0 fully saturated rings. The number of aliphatic imine (C=N–C) groups is 1. The van der Waals surface area contributed by atoms with Crippen LogP contribution in [-0.4, -0.2) is 44.0 Å². The quantitative estimate of drug-likeness (QED) is 0.390. The van der Waals surface area contributed by atoms with Gasteiger partial charge in [0, 0.05) is 44.3 Å². The minimum absolute atomic E-state index is 0.279. The Morgan fingerprint density at radius 3 is 2.58 bits per heavy atom. The van der Waals surface area contributed by atoms with E-state index in [2.05, 4.69) is 48.5 Å². The first kappa shape index (κ1) is 20.5. The van der Waals surface area contributed by atoms with Gasteiger partial charge in [0.15, 0.2) is 5.96 Å². The highest BCUT2D eigenvalue weighted by atomic mass is 16.5. The summed E-state index contributed by atoms with van der Waals surface area (Å²) in [5.41, 5.74) is 2.12. The molecule has 0 amide bonds. The Morgan fingerprint density at radius 1 is 1.25 bits per heavy atom. The SMILES string of the molecule is CCNC(=NCC(C)c1c(C)noc1C)NCCCOCC(C)C. The fourth-order valence-electron chi connectivity index (χ4n) is 2.55. The molecule has 0 saturated heterocycles. The van der Waals surface area contributed by atoms with E-state index in [-0.39, 0.29) is 5.92 Å². The van der Waals surface area contributed by atoms with Crippen LogP contribution in [0.1, 0.15) is 57.1 Å². The molecule has 1 rings (SSSR count). The average Bonchev–Trinajstić information content (AvgIpc) is 2.86. The van der Waals surface area contributed by atoms with E-state index in [0.29, 0.717) is 12.5 Å². The number of nitrogens with one attached hydrogen (secondary N) is 2. The number of nitrogens with zero attached hydrogens (tertiary/aromatic N) is 2. The second kappa shape index (κ2) is 11.1. The van der Waals surface area contributed by atoms with Crippen molar-refractivity contribution in [3.8, 4) is 0 Å². The number of aryl methyl sites for hydroxylation is 2. The summed E-state index contributed by atoms with van der Waals surface area (Å²) >= 11 is 0. The third-order valence-corrected chi connectivity index (χ3v) is 3.66. The topological polar surface area (TPSA) is 71.7 Å². The van der Waals surface area contributed by atoms with Gasteiger partial charge in [-0.15, -0.1) is 0 Å². The fourth-order valence-corrected chi connectivity index (χ4v) is 2.55. The maximum Gasteiger partial charge on any atom is 0.191 e. The Balaban J connectivity index is 2.42. The standard InChI is InChI=1S/C18H34N4O2/c1-7-19-18(20-9-8-10-23-12-13(2)3)21-11-14(4)17-15(5)22-24-16(17)6/h13-14H,7-12H2,1-6H3,(H2,19,20,21). The zero-order valence-corrected chi connectivity index (χ0v) is 16.1. The molecule has 0 spiro atoms. The van der Waals surface area contributed by atoms with Crippen molar-refractivity contribution in [2.75, 3.05) is 32.8 Å². The molecule has 138 valence electrons. The van der Waals surface area contributed by atoms with E-state index in [0.717, 1.165) is 55.7 Å². The number of rotatable bonds is 10. The number of hydrogen-bond donors (Lipinski definition) is 2. The molecule has 1 unspecified atom stereocenters. The Kier molecular flexibility index (Phi) is 9.45. The number of aromatic nitrogens is 1. The molecule has 0 saturated carbocycles. The van der Waals surface area contributed by atoms with Gasteiger partial charge in [-0.05, 0) is 33.1 Å². The summed E-state index contributed by atoms with van der Waals surface area (Å²) in [7, 11) is 0. The maximum atomic E-state index is 5.59. The van der Waals surface area contributed by atoms with Gasteiger partial charge in [-0.25, -0.2) is 0 Å². The van der Waals surface area contributed by atoms with Crippen LogP contribution in [0.5, 0.6) is 0 Å². The van der Waals surface area contributed by atoms with Crippen LogP contribution >= 0.6 is 0 Å². The van der Waals surface area contributed by atoms with Gasteiger partial charge in [0.2, 0.25) is 0 Å². The lowest BCUT2D eigenvalue weighted by Gasteiger charge is -2.14. The molecule has 6 nitrogen and oxygen atoms in total. The van der Waals surface area contributed by atoms with Gasteiger partial charge in [0.1, 0.15) is 5.76 Å². The second-order valence-electron chi connectivity index (χ2n) is 6.61. The monoisotopic (exact) mass is 338 g/mol. The lowest BCUT2D eigenvalue weighted by Crippen LogP contribution is -2.38. The van der Waals surface area contributed by atoms with Gasteiger partial charge in [0.25, 0.3) is 0 Å². The Labute approximate surface area is 146 Å². The Hall–Kier alpha value is -1.56. The van der Waals surface area contributed by atoms with Crippen molar-refractivity contribution in [2.45, 2.75) is 53.9 Å². The minimum atomic E-state index is 0.279. The molecular formula is C18H34N4O2. The van der Waals surface area contributed by atoms with Gasteiger partial charge in [-0.1, -0.05) is 25.9 Å². The first-order valence-electron chi connectivity index (χ1n) is 8.98. The number of hydrogen-bond acceptors (Lipinski definition) is 4. The molecule has 0 bridgehead atoms. The molecule has 0 aliphatic heterocycles. The van der Waals surface area contributed by atoms with Crippen LogP contribution in [0.15, 0.2) is 9.52 Å². The molecule has 1 aromatic rings. The molecule has 6 heteroatoms. The van der Waals surface area contributed by atoms with Crippen LogP contribution in [0, 0.1) is 19.8 Å². The van der Waals surface area contributed by atoms with E-state index in [1.54, 1.807) is 0 Å². The summed E-state index contributed by atoms with van der Waals surface area (Å²) in [5.74, 6) is 2.60. The van der Waals surface area contributed by atoms with Crippen molar-refractivity contribution in [3.63, 3.8) is 0 Å². The van der Waals surface area contributed by atoms with Gasteiger partial charge < -0.3 is 19.9 Å². The Morgan fingerprint density at radius 2 is 2.00 bits per heavy atom. The molecule has 1 heterocycles. The molecule has 0 aliphatic rings. The summed E-state index contributed by atoms with van der Waals surface area (Å²) in [6.45, 7) is 16.5. The van der Waals surface area contributed by atoms with Crippen LogP contribution in [0.2, 0.25) is 0 Å². The fraction of sp³-hybridized carbons (Fsp3) is 0.778. The highest BCUT2D eigenvalue weighted by Crippen LogP contribution is 2.23. The molecule has 0 aliphatic carbocycles. The van der Waals surface area contributed by atoms with Gasteiger partial charge in [0.05, 0.1) is 5.69 Å². The average molecular weight is 338 g/mol. The van der Waals surface area contributed by atoms with Crippen LogP contribution in [0.3, 0.4) is 0 Å². The minimum Gasteiger partial charge on any atom is -0.381 e. The maximum absolute atomic E-state index is 5.59. The van der Waals surface area contributed by atoms with E-state index >= 15 is 0 Å². The van der Waals surface area contributed by atoms with E-state index in [1.807, 2.05) is 13.8 Å². The molecule has 1 aromatic heterocycles. The van der Waals surface area contributed by atoms with Crippen molar-refractivity contribution < 1.29 is 9.26 Å². The van der Waals surface area contributed by atoms with Crippen molar-refractivity contribution in [2.24, 2.45) is 10.9 Å². The smallest absolute Gasteiger partial charge is 0.191 e. The highest BCUT2D eigenvalue weighted by Gasteiger charge is 2.16. The van der Waals surface area contributed by atoms with Gasteiger partial charge in [-0.2, -0.15) is 0 Å². The normalized spacial score (nSPS) is 13.4. The van der Waals surface area contributed by atoms with Crippen LogP contribution in [0.4, 0.5) is 0 Å². The summed E-state index contributed by atoms with van der Waals surface area (Å²) in [5, 5.41) is 10.7. The number of guanidine groups is 1. The van der Waals surface area contributed by atoms with Crippen LogP contribution in [0.25, 0.3) is 0 Å². The molecule has 24 heavy (non-hydrogen) atoms. The van der Waals surface area contributed by atoms with E-state index in [4.69, 9.17) is 9.26 Å². The first-order valence-corrected chi connectivity index (χ1v) is 8.98. The predicted octanol–water partition coefficient (Wildman–Crippen LogP) is 3.01. The molecular weight excluding hydrogens is 304 g/mol. The van der Waals surface area contributed by atoms with Crippen molar-refractivity contribution in [3.05, 3.63) is 17.0 Å². The van der Waals surface area contributed by atoms with Gasteiger partial charge in [-0.3, -0.25) is 4.99 Å². The van der Waals surface area contributed by atoms with Crippen molar-refractivity contribution >= 4 is 5.96 Å². The van der Waals surface area contributed by atoms with Crippen molar-refractivity contribution in [1.82, 2.24) is 15.8 Å². The van der Waals surface area contributed by atoms with Crippen LogP contribution in [-0.2, 0) is 4.74 Å².